The highest BCUT2D eigenvalue weighted by molar-refractivity contribution is 4.69. The maximum Gasteiger partial charge on any atom is 0.0791 e. The molecule has 0 amide bonds. The number of aliphatic hydroxyl groups is 1. The van der Waals surface area contributed by atoms with Crippen molar-refractivity contribution in [3.8, 4) is 0 Å². The van der Waals surface area contributed by atoms with Crippen molar-refractivity contribution < 1.29 is 5.11 Å². The molecule has 0 spiro atoms. The second-order valence-corrected chi connectivity index (χ2v) is 5.17. The molecule has 2 N–H and O–H groups in total. The first kappa shape index (κ1) is 14.9. The summed E-state index contributed by atoms with van der Waals surface area (Å²) in [7, 11) is 2.10. The van der Waals surface area contributed by atoms with E-state index in [4.69, 9.17) is 0 Å². The van der Waals surface area contributed by atoms with Crippen LogP contribution in [0.25, 0.3) is 0 Å². The third kappa shape index (κ3) is 6.99. The van der Waals surface area contributed by atoms with Gasteiger partial charge in [0.2, 0.25) is 0 Å². The molecule has 0 radical (unpaired) electrons. The van der Waals surface area contributed by atoms with Gasteiger partial charge in [0.05, 0.1) is 6.10 Å². The summed E-state index contributed by atoms with van der Waals surface area (Å²) < 4.78 is 0. The summed E-state index contributed by atoms with van der Waals surface area (Å²) in [6.07, 6.45) is 3.59. The van der Waals surface area contributed by atoms with Crippen LogP contribution >= 0.6 is 0 Å². The summed E-state index contributed by atoms with van der Waals surface area (Å²) in [6, 6.07) is 0. The van der Waals surface area contributed by atoms with Crippen molar-refractivity contribution in [3.05, 3.63) is 0 Å². The van der Waals surface area contributed by atoms with Gasteiger partial charge in [-0.15, -0.1) is 0 Å². The molecule has 1 aliphatic rings. The molecule has 1 aliphatic heterocycles. The summed E-state index contributed by atoms with van der Waals surface area (Å²) >= 11 is 0. The monoisotopic (exact) mass is 243 g/mol. The largest absolute Gasteiger partial charge is 0.390 e. The molecule has 1 unspecified atom stereocenters. The number of likely N-dealkylation sites (tertiary alicyclic amines) is 1. The lowest BCUT2D eigenvalue weighted by atomic mass is 10.3. The molecule has 1 fully saturated rings. The zero-order valence-electron chi connectivity index (χ0n) is 11.5. The standard InChI is InChI=1S/C13H29N3O/c1-3-6-14-11-13(17)12-15(2)9-10-16-7-4-5-8-16/h13-14,17H,3-12H2,1-2H3. The molecular weight excluding hydrogens is 214 g/mol. The number of nitrogens with one attached hydrogen (secondary N) is 1. The molecule has 4 nitrogen and oxygen atoms in total. The van der Waals surface area contributed by atoms with Crippen LogP contribution in [0.3, 0.4) is 0 Å². The number of aliphatic hydroxyl groups excluding tert-OH is 1. The van der Waals surface area contributed by atoms with Crippen molar-refractivity contribution in [1.82, 2.24) is 15.1 Å². The van der Waals surface area contributed by atoms with Gasteiger partial charge in [0.25, 0.3) is 0 Å². The number of hydrogen-bond acceptors (Lipinski definition) is 4. The van der Waals surface area contributed by atoms with Crippen molar-refractivity contribution >= 4 is 0 Å². The minimum atomic E-state index is -0.245. The van der Waals surface area contributed by atoms with E-state index in [2.05, 4.69) is 29.1 Å². The summed E-state index contributed by atoms with van der Waals surface area (Å²) in [5.74, 6) is 0. The molecule has 1 saturated heterocycles. The van der Waals surface area contributed by atoms with Crippen molar-refractivity contribution in [3.63, 3.8) is 0 Å². The van der Waals surface area contributed by atoms with E-state index < -0.39 is 0 Å². The molecule has 0 bridgehead atoms. The van der Waals surface area contributed by atoms with E-state index in [0.29, 0.717) is 6.54 Å². The molecule has 102 valence electrons. The predicted octanol–water partition coefficient (Wildman–Crippen LogP) is 0.375. The fourth-order valence-electron chi connectivity index (χ4n) is 2.28. The van der Waals surface area contributed by atoms with Crippen LogP contribution < -0.4 is 5.32 Å². The van der Waals surface area contributed by atoms with E-state index in [-0.39, 0.29) is 6.10 Å². The number of rotatable bonds is 9. The SMILES string of the molecule is CCCNCC(O)CN(C)CCN1CCCC1. The Labute approximate surface area is 106 Å². The zero-order chi connectivity index (χ0) is 12.5. The first-order chi connectivity index (χ1) is 8.22. The van der Waals surface area contributed by atoms with Crippen LogP contribution in [0.15, 0.2) is 0 Å². The topological polar surface area (TPSA) is 38.7 Å². The van der Waals surface area contributed by atoms with Crippen LogP contribution in [-0.4, -0.2) is 73.9 Å². The van der Waals surface area contributed by atoms with Crippen molar-refractivity contribution in [2.24, 2.45) is 0 Å². The van der Waals surface area contributed by atoms with E-state index in [1.807, 2.05) is 0 Å². The van der Waals surface area contributed by atoms with Gasteiger partial charge in [-0.05, 0) is 45.9 Å². The van der Waals surface area contributed by atoms with Crippen LogP contribution in [0.2, 0.25) is 0 Å². The number of hydrogen-bond donors (Lipinski definition) is 2. The fraction of sp³-hybridized carbons (Fsp3) is 1.00. The molecule has 1 heterocycles. The molecule has 0 aromatic rings. The van der Waals surface area contributed by atoms with Gasteiger partial charge in [-0.2, -0.15) is 0 Å². The summed E-state index contributed by atoms with van der Waals surface area (Å²) in [4.78, 5) is 4.74. The second kappa shape index (κ2) is 8.86. The van der Waals surface area contributed by atoms with Gasteiger partial charge in [0.15, 0.2) is 0 Å². The van der Waals surface area contributed by atoms with E-state index in [0.717, 1.165) is 32.6 Å². The minimum absolute atomic E-state index is 0.245. The first-order valence-corrected chi connectivity index (χ1v) is 7.02. The molecule has 1 atom stereocenters. The Bertz CT molecular complexity index is 184. The predicted molar refractivity (Wildman–Crippen MR) is 72.3 cm³/mol. The average molecular weight is 243 g/mol. The van der Waals surface area contributed by atoms with E-state index in [1.54, 1.807) is 0 Å². The van der Waals surface area contributed by atoms with Crippen LogP contribution in [0.1, 0.15) is 26.2 Å². The molecule has 0 saturated carbocycles. The molecule has 1 rings (SSSR count). The van der Waals surface area contributed by atoms with Gasteiger partial charge >= 0.3 is 0 Å². The molecule has 4 heteroatoms. The third-order valence-electron chi connectivity index (χ3n) is 3.33. The maximum absolute atomic E-state index is 9.82. The quantitative estimate of drug-likeness (QED) is 0.574. The highest BCUT2D eigenvalue weighted by Gasteiger charge is 2.13. The maximum atomic E-state index is 9.82. The number of likely N-dealkylation sites (N-methyl/N-ethyl adjacent to an activating group) is 1. The first-order valence-electron chi connectivity index (χ1n) is 7.02. The van der Waals surface area contributed by atoms with Crippen LogP contribution in [0.4, 0.5) is 0 Å². The smallest absolute Gasteiger partial charge is 0.0791 e. The Morgan fingerprint density at radius 1 is 1.35 bits per heavy atom. The van der Waals surface area contributed by atoms with Crippen LogP contribution in [0.5, 0.6) is 0 Å². The lowest BCUT2D eigenvalue weighted by molar-refractivity contribution is 0.119. The second-order valence-electron chi connectivity index (χ2n) is 5.17. The molecule has 0 aromatic carbocycles. The fourth-order valence-corrected chi connectivity index (χ4v) is 2.28. The van der Waals surface area contributed by atoms with E-state index in [9.17, 15) is 5.11 Å². The van der Waals surface area contributed by atoms with Gasteiger partial charge in [-0.1, -0.05) is 6.92 Å². The van der Waals surface area contributed by atoms with Crippen molar-refractivity contribution in [2.45, 2.75) is 32.3 Å². The summed E-state index contributed by atoms with van der Waals surface area (Å²) in [6.45, 7) is 9.34. The molecular formula is C13H29N3O. The molecule has 17 heavy (non-hydrogen) atoms. The highest BCUT2D eigenvalue weighted by atomic mass is 16.3. The zero-order valence-corrected chi connectivity index (χ0v) is 11.5. The Hall–Kier alpha value is -0.160. The van der Waals surface area contributed by atoms with Gasteiger partial charge in [-0.25, -0.2) is 0 Å². The average Bonchev–Trinajstić information content (AvgIpc) is 2.79. The van der Waals surface area contributed by atoms with Gasteiger partial charge in [0, 0.05) is 26.2 Å². The van der Waals surface area contributed by atoms with Gasteiger partial charge < -0.3 is 20.2 Å². The lowest BCUT2D eigenvalue weighted by Gasteiger charge is -2.23. The Morgan fingerprint density at radius 3 is 2.71 bits per heavy atom. The normalized spacial score (nSPS) is 19.1. The van der Waals surface area contributed by atoms with Crippen molar-refractivity contribution in [2.75, 3.05) is 52.9 Å². The highest BCUT2D eigenvalue weighted by Crippen LogP contribution is 2.06. The van der Waals surface area contributed by atoms with Crippen LogP contribution in [0, 0.1) is 0 Å². The number of nitrogens with zero attached hydrogens (tertiary/aromatic N) is 2. The van der Waals surface area contributed by atoms with Gasteiger partial charge in [-0.3, -0.25) is 0 Å². The van der Waals surface area contributed by atoms with Crippen molar-refractivity contribution in [1.29, 1.82) is 0 Å². The van der Waals surface area contributed by atoms with E-state index >= 15 is 0 Å². The Kier molecular flexibility index (Phi) is 7.77. The van der Waals surface area contributed by atoms with Gasteiger partial charge in [0.1, 0.15) is 0 Å². The lowest BCUT2D eigenvalue weighted by Crippen LogP contribution is -2.39. The van der Waals surface area contributed by atoms with E-state index in [1.165, 1.54) is 25.9 Å². The minimum Gasteiger partial charge on any atom is -0.390 e. The van der Waals surface area contributed by atoms with Crippen LogP contribution in [-0.2, 0) is 0 Å². The molecule has 0 aliphatic carbocycles. The Morgan fingerprint density at radius 2 is 2.06 bits per heavy atom. The summed E-state index contributed by atoms with van der Waals surface area (Å²) in [5, 5.41) is 13.1. The summed E-state index contributed by atoms with van der Waals surface area (Å²) in [5.41, 5.74) is 0. The Balaban J connectivity index is 2.00. The molecule has 0 aromatic heterocycles. The third-order valence-corrected chi connectivity index (χ3v) is 3.33.